The van der Waals surface area contributed by atoms with Crippen molar-refractivity contribution in [2.45, 2.75) is 58.4 Å². The lowest BCUT2D eigenvalue weighted by Gasteiger charge is -2.40. The van der Waals surface area contributed by atoms with Crippen LogP contribution in [0.25, 0.3) is 0 Å². The zero-order chi connectivity index (χ0) is 24.8. The van der Waals surface area contributed by atoms with Crippen LogP contribution in [0.5, 0.6) is 0 Å². The molecule has 1 aromatic carbocycles. The molecule has 3 aliphatic rings. The van der Waals surface area contributed by atoms with Gasteiger partial charge in [0.1, 0.15) is 0 Å². The normalized spacial score (nSPS) is 21.1. The van der Waals surface area contributed by atoms with Crippen molar-refractivity contribution in [3.8, 4) is 0 Å². The molecule has 2 saturated heterocycles. The summed E-state index contributed by atoms with van der Waals surface area (Å²) in [6, 6.07) is 10.2. The molecular weight excluding hydrogens is 456 g/mol. The largest absolute Gasteiger partial charge is 0.371 e. The second kappa shape index (κ2) is 12.0. The Morgan fingerprint density at radius 1 is 1.00 bits per heavy atom. The summed E-state index contributed by atoms with van der Waals surface area (Å²) in [6.07, 6.45) is 6.70. The van der Waals surface area contributed by atoms with Crippen LogP contribution in [0.4, 0.5) is 11.4 Å². The molecule has 5 rings (SSSR count). The number of likely N-dealkylation sites (N-methyl/N-ethyl adjacent to an activating group) is 1. The number of hydrogen-bond acceptors (Lipinski definition) is 5. The van der Waals surface area contributed by atoms with E-state index in [0.717, 1.165) is 75.3 Å². The molecular formula is C28H42N4O2S. The fourth-order valence-corrected chi connectivity index (χ4v) is 5.83. The maximum atomic E-state index is 14.0. The number of amides is 2. The van der Waals surface area contributed by atoms with Gasteiger partial charge in [0.2, 0.25) is 5.91 Å². The van der Waals surface area contributed by atoms with Gasteiger partial charge in [0.15, 0.2) is 0 Å². The number of carbonyl (C=O) groups excluding carboxylic acids is 2. The molecule has 1 aliphatic carbocycles. The van der Waals surface area contributed by atoms with Gasteiger partial charge in [0.25, 0.3) is 5.91 Å². The van der Waals surface area contributed by atoms with Crippen molar-refractivity contribution in [1.29, 1.82) is 0 Å². The van der Waals surface area contributed by atoms with E-state index in [2.05, 4.69) is 44.6 Å². The summed E-state index contributed by atoms with van der Waals surface area (Å²) in [5, 5.41) is 5.18. The van der Waals surface area contributed by atoms with E-state index in [4.69, 9.17) is 0 Å². The fourth-order valence-electron chi connectivity index (χ4n) is 4.99. The number of hydrogen-bond donors (Lipinski definition) is 1. The molecule has 6 nitrogen and oxygen atoms in total. The van der Waals surface area contributed by atoms with Crippen LogP contribution in [0, 0.1) is 5.92 Å². The molecule has 0 spiro atoms. The van der Waals surface area contributed by atoms with Gasteiger partial charge >= 0.3 is 0 Å². The second-order valence-electron chi connectivity index (χ2n) is 9.69. The van der Waals surface area contributed by atoms with E-state index in [1.54, 1.807) is 11.3 Å². The zero-order valence-electron chi connectivity index (χ0n) is 21.5. The molecule has 3 heterocycles. The van der Waals surface area contributed by atoms with Crippen molar-refractivity contribution in [1.82, 2.24) is 9.80 Å². The van der Waals surface area contributed by atoms with E-state index in [0.29, 0.717) is 0 Å². The number of benzene rings is 1. The minimum atomic E-state index is 0. The molecule has 1 atom stereocenters. The topological polar surface area (TPSA) is 55.9 Å². The molecule has 3 fully saturated rings. The minimum Gasteiger partial charge on any atom is -0.371 e. The first-order valence-corrected chi connectivity index (χ1v) is 14.2. The van der Waals surface area contributed by atoms with Crippen LogP contribution >= 0.6 is 11.3 Å². The van der Waals surface area contributed by atoms with E-state index in [1.165, 1.54) is 17.7 Å². The Morgan fingerprint density at radius 3 is 2.40 bits per heavy atom. The number of thiophene rings is 1. The van der Waals surface area contributed by atoms with Gasteiger partial charge in [-0.05, 0) is 62.4 Å². The third kappa shape index (κ3) is 6.25. The highest BCUT2D eigenvalue weighted by Gasteiger charge is 2.34. The Balaban J connectivity index is 0.00000117. The molecule has 1 unspecified atom stereocenters. The number of rotatable bonds is 5. The second-order valence-corrected chi connectivity index (χ2v) is 10.7. The van der Waals surface area contributed by atoms with Crippen LogP contribution in [0.3, 0.4) is 0 Å². The monoisotopic (exact) mass is 498 g/mol. The van der Waals surface area contributed by atoms with Crippen molar-refractivity contribution in [3.05, 3.63) is 46.2 Å². The lowest BCUT2D eigenvalue weighted by molar-refractivity contribution is -0.117. The van der Waals surface area contributed by atoms with E-state index >= 15 is 0 Å². The van der Waals surface area contributed by atoms with Gasteiger partial charge in [-0.3, -0.25) is 9.59 Å². The summed E-state index contributed by atoms with van der Waals surface area (Å²) in [6.45, 7) is 8.36. The van der Waals surface area contributed by atoms with E-state index < -0.39 is 0 Å². The highest BCUT2D eigenvalue weighted by Crippen LogP contribution is 2.35. The number of nitrogens with one attached hydrogen (secondary N) is 1. The summed E-state index contributed by atoms with van der Waals surface area (Å²) in [5.41, 5.74) is 2.53. The molecule has 0 bridgehead atoms. The van der Waals surface area contributed by atoms with Crippen LogP contribution in [-0.4, -0.2) is 61.4 Å². The summed E-state index contributed by atoms with van der Waals surface area (Å²) >= 11 is 1.72. The third-order valence-electron chi connectivity index (χ3n) is 7.11. The van der Waals surface area contributed by atoms with Crippen molar-refractivity contribution >= 4 is 34.5 Å². The standard InChI is InChI=1S/C26H34N4O2S.C2H6.H2/c1-28-14-15-30(23(18-28)24-7-6-16-33-24)26(32)21-11-10-20(27-25(31)19-8-9-19)17-22(21)29-12-4-2-3-5-13-29;1-2;/h6-7,10-11,16-17,19,23H,2-5,8-9,12-15,18H2,1H3,(H,27,31);1-2H3;1H. The number of carbonyl (C=O) groups is 2. The Bertz CT molecular complexity index is 987. The number of anilines is 2. The molecule has 35 heavy (non-hydrogen) atoms. The van der Waals surface area contributed by atoms with E-state index in [1.807, 2.05) is 32.0 Å². The number of nitrogens with zero attached hydrogens (tertiary/aromatic N) is 3. The minimum absolute atomic E-state index is 0. The average Bonchev–Trinajstić information content (AvgIpc) is 3.66. The highest BCUT2D eigenvalue weighted by atomic mass is 32.1. The predicted octanol–water partition coefficient (Wildman–Crippen LogP) is 5.88. The molecule has 192 valence electrons. The van der Waals surface area contributed by atoms with Crippen molar-refractivity contribution in [2.75, 3.05) is 50.0 Å². The van der Waals surface area contributed by atoms with Crippen LogP contribution in [0.1, 0.15) is 75.1 Å². The third-order valence-corrected chi connectivity index (χ3v) is 8.08. The lowest BCUT2D eigenvalue weighted by Crippen LogP contribution is -2.49. The zero-order valence-corrected chi connectivity index (χ0v) is 22.3. The lowest BCUT2D eigenvalue weighted by atomic mass is 10.0. The Morgan fingerprint density at radius 2 is 1.74 bits per heavy atom. The van der Waals surface area contributed by atoms with Crippen LogP contribution in [0.2, 0.25) is 0 Å². The first kappa shape index (κ1) is 25.7. The molecule has 1 N–H and O–H groups in total. The molecule has 7 heteroatoms. The predicted molar refractivity (Wildman–Crippen MR) is 148 cm³/mol. The van der Waals surface area contributed by atoms with E-state index in [9.17, 15) is 9.59 Å². The Labute approximate surface area is 215 Å². The summed E-state index contributed by atoms with van der Waals surface area (Å²) in [4.78, 5) is 34.4. The number of piperazine rings is 1. The van der Waals surface area contributed by atoms with Crippen LogP contribution in [-0.2, 0) is 4.79 Å². The summed E-state index contributed by atoms with van der Waals surface area (Å²) < 4.78 is 0. The van der Waals surface area contributed by atoms with Crippen molar-refractivity contribution in [2.24, 2.45) is 5.92 Å². The summed E-state index contributed by atoms with van der Waals surface area (Å²) in [5.74, 6) is 0.360. The van der Waals surface area contributed by atoms with E-state index in [-0.39, 0.29) is 25.2 Å². The SMILES string of the molecule is CC.CN1CCN(C(=O)c2ccc(NC(=O)C3CC3)cc2N2CCCCCC2)C(c2cccs2)C1.[HH]. The Kier molecular flexibility index (Phi) is 8.84. The smallest absolute Gasteiger partial charge is 0.256 e. The molecule has 2 aliphatic heterocycles. The first-order chi connectivity index (χ1) is 17.1. The van der Waals surface area contributed by atoms with Gasteiger partial charge in [-0.1, -0.05) is 32.8 Å². The molecule has 0 radical (unpaired) electrons. The van der Waals surface area contributed by atoms with Crippen molar-refractivity contribution < 1.29 is 11.0 Å². The summed E-state index contributed by atoms with van der Waals surface area (Å²) in [7, 11) is 2.13. The van der Waals surface area contributed by atoms with Gasteiger partial charge in [-0.15, -0.1) is 11.3 Å². The quantitative estimate of drug-likeness (QED) is 0.559. The fraction of sp³-hybridized carbons (Fsp3) is 0.571. The molecule has 2 amide bonds. The van der Waals surface area contributed by atoms with Gasteiger partial charge in [0, 0.05) is 50.6 Å². The first-order valence-electron chi connectivity index (χ1n) is 13.3. The van der Waals surface area contributed by atoms with Gasteiger partial charge in [0.05, 0.1) is 17.3 Å². The van der Waals surface area contributed by atoms with Gasteiger partial charge in [-0.25, -0.2) is 0 Å². The molecule has 1 saturated carbocycles. The van der Waals surface area contributed by atoms with Crippen LogP contribution in [0.15, 0.2) is 35.7 Å². The van der Waals surface area contributed by atoms with Gasteiger partial charge in [-0.2, -0.15) is 0 Å². The maximum Gasteiger partial charge on any atom is 0.256 e. The molecule has 2 aromatic rings. The Hall–Kier alpha value is -2.38. The van der Waals surface area contributed by atoms with Crippen molar-refractivity contribution in [3.63, 3.8) is 0 Å². The maximum absolute atomic E-state index is 14.0. The molecule has 1 aromatic heterocycles. The van der Waals surface area contributed by atoms with Crippen LogP contribution < -0.4 is 10.2 Å². The van der Waals surface area contributed by atoms with Gasteiger partial charge < -0.3 is 20.0 Å². The highest BCUT2D eigenvalue weighted by molar-refractivity contribution is 7.10. The average molecular weight is 499 g/mol.